The Balaban J connectivity index is 2.25. The monoisotopic (exact) mass is 290 g/mol. The van der Waals surface area contributed by atoms with Crippen molar-refractivity contribution in [1.82, 2.24) is 0 Å². The molecular formula is C15H18N2O2S. The molecule has 106 valence electrons. The lowest BCUT2D eigenvalue weighted by Crippen LogP contribution is -2.18. The first-order chi connectivity index (χ1) is 9.38. The van der Waals surface area contributed by atoms with Crippen molar-refractivity contribution in [2.75, 3.05) is 23.9 Å². The fourth-order valence-electron chi connectivity index (χ4n) is 2.05. The van der Waals surface area contributed by atoms with E-state index in [2.05, 4.69) is 0 Å². The molecule has 5 heteroatoms. The van der Waals surface area contributed by atoms with Crippen LogP contribution in [0.25, 0.3) is 0 Å². The average molecular weight is 290 g/mol. The van der Waals surface area contributed by atoms with E-state index in [4.69, 9.17) is 5.73 Å². The van der Waals surface area contributed by atoms with Crippen LogP contribution in [0, 0.1) is 0 Å². The van der Waals surface area contributed by atoms with E-state index in [1.165, 1.54) is 17.9 Å². The van der Waals surface area contributed by atoms with Gasteiger partial charge in [-0.3, -0.25) is 0 Å². The van der Waals surface area contributed by atoms with Gasteiger partial charge in [-0.25, -0.2) is 8.42 Å². The molecule has 0 atom stereocenters. The zero-order valence-corrected chi connectivity index (χ0v) is 12.4. The van der Waals surface area contributed by atoms with Gasteiger partial charge in [0.2, 0.25) is 0 Å². The third-order valence-corrected chi connectivity index (χ3v) is 4.21. The third-order valence-electron chi connectivity index (χ3n) is 3.10. The van der Waals surface area contributed by atoms with Crippen LogP contribution in [0.5, 0.6) is 0 Å². The summed E-state index contributed by atoms with van der Waals surface area (Å²) < 4.78 is 23.0. The minimum atomic E-state index is -3.23. The lowest BCUT2D eigenvalue weighted by Gasteiger charge is -2.21. The highest BCUT2D eigenvalue weighted by Gasteiger charge is 2.11. The molecule has 0 bridgehead atoms. The molecule has 0 heterocycles. The molecule has 20 heavy (non-hydrogen) atoms. The summed E-state index contributed by atoms with van der Waals surface area (Å²) in [6.45, 7) is 0.712. The van der Waals surface area contributed by atoms with Gasteiger partial charge in [-0.15, -0.1) is 0 Å². The molecule has 0 spiro atoms. The maximum atomic E-state index is 11.5. The van der Waals surface area contributed by atoms with E-state index < -0.39 is 9.84 Å². The van der Waals surface area contributed by atoms with Crippen LogP contribution in [0.3, 0.4) is 0 Å². The molecule has 0 saturated heterocycles. The van der Waals surface area contributed by atoms with Gasteiger partial charge in [0.05, 0.1) is 16.3 Å². The van der Waals surface area contributed by atoms with Crippen molar-refractivity contribution in [1.29, 1.82) is 0 Å². The number of benzene rings is 2. The summed E-state index contributed by atoms with van der Waals surface area (Å²) in [4.78, 5) is 2.24. The summed E-state index contributed by atoms with van der Waals surface area (Å²) >= 11 is 0. The van der Waals surface area contributed by atoms with Crippen molar-refractivity contribution >= 4 is 21.2 Å². The van der Waals surface area contributed by atoms with E-state index in [9.17, 15) is 8.42 Å². The van der Waals surface area contributed by atoms with Crippen LogP contribution in [-0.4, -0.2) is 21.7 Å². The molecule has 4 nitrogen and oxygen atoms in total. The van der Waals surface area contributed by atoms with Gasteiger partial charge in [-0.1, -0.05) is 30.3 Å². The Morgan fingerprint density at radius 3 is 2.30 bits per heavy atom. The maximum Gasteiger partial charge on any atom is 0.175 e. The molecule has 0 unspecified atom stereocenters. The Morgan fingerprint density at radius 2 is 1.75 bits per heavy atom. The number of hydrogen-bond acceptors (Lipinski definition) is 4. The van der Waals surface area contributed by atoms with Crippen molar-refractivity contribution in [3.8, 4) is 0 Å². The van der Waals surface area contributed by atoms with Crippen LogP contribution in [-0.2, 0) is 16.4 Å². The predicted molar refractivity (Wildman–Crippen MR) is 82.5 cm³/mol. The summed E-state index contributed by atoms with van der Waals surface area (Å²) in [6, 6.07) is 14.9. The third kappa shape index (κ3) is 3.30. The van der Waals surface area contributed by atoms with Gasteiger partial charge >= 0.3 is 0 Å². The quantitative estimate of drug-likeness (QED) is 0.878. The van der Waals surface area contributed by atoms with Crippen LogP contribution in [0.1, 0.15) is 5.56 Å². The Bertz CT molecular complexity index is 697. The standard InChI is InChI=1S/C15H18N2O2S/c1-17(11-12-6-4-3-5-7-12)15-9-8-13(10-14(15)16)20(2,18)19/h3-10H,11,16H2,1-2H3. The Kier molecular flexibility index (Phi) is 3.99. The molecule has 0 amide bonds. The minimum absolute atomic E-state index is 0.242. The number of nitrogens with two attached hydrogens (primary N) is 1. The number of anilines is 2. The van der Waals surface area contributed by atoms with Gasteiger partial charge in [0, 0.05) is 19.8 Å². The smallest absolute Gasteiger partial charge is 0.175 e. The lowest BCUT2D eigenvalue weighted by molar-refractivity contribution is 0.602. The first kappa shape index (κ1) is 14.4. The van der Waals surface area contributed by atoms with Crippen molar-refractivity contribution in [2.24, 2.45) is 0 Å². The number of nitrogen functional groups attached to an aromatic ring is 1. The Hall–Kier alpha value is -2.01. The Labute approximate surface area is 119 Å². The van der Waals surface area contributed by atoms with E-state index in [0.29, 0.717) is 12.2 Å². The van der Waals surface area contributed by atoms with Crippen LogP contribution < -0.4 is 10.6 Å². The van der Waals surface area contributed by atoms with Gasteiger partial charge < -0.3 is 10.6 Å². The SMILES string of the molecule is CN(Cc1ccccc1)c1ccc(S(C)(=O)=O)cc1N. The summed E-state index contributed by atoms with van der Waals surface area (Å²) in [5, 5.41) is 0. The second kappa shape index (κ2) is 5.54. The molecule has 0 radical (unpaired) electrons. The van der Waals surface area contributed by atoms with Gasteiger partial charge in [0.1, 0.15) is 0 Å². The zero-order valence-electron chi connectivity index (χ0n) is 11.6. The highest BCUT2D eigenvalue weighted by Crippen LogP contribution is 2.26. The first-order valence-electron chi connectivity index (χ1n) is 6.22. The van der Waals surface area contributed by atoms with Gasteiger partial charge in [-0.05, 0) is 23.8 Å². The first-order valence-corrected chi connectivity index (χ1v) is 8.12. The van der Waals surface area contributed by atoms with Crippen molar-refractivity contribution < 1.29 is 8.42 Å². The lowest BCUT2D eigenvalue weighted by atomic mass is 10.2. The van der Waals surface area contributed by atoms with Crippen molar-refractivity contribution in [3.05, 3.63) is 54.1 Å². The molecule has 2 aromatic rings. The van der Waals surface area contributed by atoms with E-state index in [-0.39, 0.29) is 4.90 Å². The van der Waals surface area contributed by atoms with E-state index >= 15 is 0 Å². The fourth-order valence-corrected chi connectivity index (χ4v) is 2.71. The van der Waals surface area contributed by atoms with Crippen molar-refractivity contribution in [3.63, 3.8) is 0 Å². The summed E-state index contributed by atoms with van der Waals surface area (Å²) in [6.07, 6.45) is 1.18. The molecule has 0 saturated carbocycles. The molecule has 2 N–H and O–H groups in total. The number of nitrogens with zero attached hydrogens (tertiary/aromatic N) is 1. The van der Waals surface area contributed by atoms with Crippen LogP contribution in [0.2, 0.25) is 0 Å². The number of rotatable bonds is 4. The summed E-state index contributed by atoms with van der Waals surface area (Å²) in [5.74, 6) is 0. The van der Waals surface area contributed by atoms with Crippen LogP contribution in [0.15, 0.2) is 53.4 Å². The molecule has 0 aliphatic heterocycles. The molecular weight excluding hydrogens is 272 g/mol. The second-order valence-electron chi connectivity index (χ2n) is 4.83. The zero-order chi connectivity index (χ0) is 14.8. The van der Waals surface area contributed by atoms with Gasteiger partial charge in [0.25, 0.3) is 0 Å². The highest BCUT2D eigenvalue weighted by atomic mass is 32.2. The van der Waals surface area contributed by atoms with Crippen molar-refractivity contribution in [2.45, 2.75) is 11.4 Å². The maximum absolute atomic E-state index is 11.5. The topological polar surface area (TPSA) is 63.4 Å². The van der Waals surface area contributed by atoms with E-state index in [1.807, 2.05) is 42.3 Å². The number of sulfone groups is 1. The summed E-state index contributed by atoms with van der Waals surface area (Å²) in [5.41, 5.74) is 8.42. The van der Waals surface area contributed by atoms with Gasteiger partial charge in [0.15, 0.2) is 9.84 Å². The molecule has 0 aliphatic rings. The van der Waals surface area contributed by atoms with Crippen LogP contribution >= 0.6 is 0 Å². The largest absolute Gasteiger partial charge is 0.397 e. The predicted octanol–water partition coefficient (Wildman–Crippen LogP) is 2.31. The summed E-state index contributed by atoms with van der Waals surface area (Å²) in [7, 11) is -1.30. The molecule has 0 fully saturated rings. The molecule has 0 aliphatic carbocycles. The second-order valence-corrected chi connectivity index (χ2v) is 6.85. The molecule has 2 rings (SSSR count). The van der Waals surface area contributed by atoms with Crippen LogP contribution in [0.4, 0.5) is 11.4 Å². The van der Waals surface area contributed by atoms with E-state index in [0.717, 1.165) is 5.69 Å². The van der Waals surface area contributed by atoms with E-state index in [1.54, 1.807) is 12.1 Å². The average Bonchev–Trinajstić information content (AvgIpc) is 2.38. The fraction of sp³-hybridized carbons (Fsp3) is 0.200. The minimum Gasteiger partial charge on any atom is -0.397 e. The molecule has 0 aromatic heterocycles. The normalized spacial score (nSPS) is 11.3. The van der Waals surface area contributed by atoms with Gasteiger partial charge in [-0.2, -0.15) is 0 Å². The number of hydrogen-bond donors (Lipinski definition) is 1. The Morgan fingerprint density at radius 1 is 1.10 bits per heavy atom. The highest BCUT2D eigenvalue weighted by molar-refractivity contribution is 7.90. The molecule has 2 aromatic carbocycles.